The molecule has 41 heavy (non-hydrogen) atoms. The van der Waals surface area contributed by atoms with Crippen molar-refractivity contribution in [2.45, 2.75) is 64.5 Å². The van der Waals surface area contributed by atoms with E-state index in [4.69, 9.17) is 9.97 Å². The zero-order valence-corrected chi connectivity index (χ0v) is 25.2. The number of nitrogens with one attached hydrogen (secondary N) is 3. The van der Waals surface area contributed by atoms with Crippen LogP contribution in [-0.2, 0) is 13.0 Å². The molecule has 6 nitrogen and oxygen atoms in total. The molecule has 1 heterocycles. The Morgan fingerprint density at radius 1 is 0.829 bits per heavy atom. The fourth-order valence-corrected chi connectivity index (χ4v) is 5.85. The van der Waals surface area contributed by atoms with E-state index in [0.717, 1.165) is 67.5 Å². The van der Waals surface area contributed by atoms with Crippen LogP contribution in [0.3, 0.4) is 0 Å². The van der Waals surface area contributed by atoms with E-state index >= 15 is 0 Å². The second-order valence-electron chi connectivity index (χ2n) is 12.0. The van der Waals surface area contributed by atoms with Gasteiger partial charge in [0.1, 0.15) is 5.82 Å². The molecule has 0 bridgehead atoms. The molecule has 0 amide bonds. The summed E-state index contributed by atoms with van der Waals surface area (Å²) in [6.45, 7) is 7.42. The maximum atomic E-state index is 4.84. The van der Waals surface area contributed by atoms with Crippen molar-refractivity contribution in [1.82, 2.24) is 15.3 Å². The first kappa shape index (κ1) is 28.9. The molecule has 0 atom stereocenters. The van der Waals surface area contributed by atoms with Gasteiger partial charge in [-0.15, -0.1) is 0 Å². The first-order valence-electron chi connectivity index (χ1n) is 15.3. The number of fused-ring (bicyclic) bond motifs is 1. The Morgan fingerprint density at radius 2 is 1.54 bits per heavy atom. The maximum absolute atomic E-state index is 4.84. The van der Waals surface area contributed by atoms with Crippen LogP contribution in [0.2, 0.25) is 0 Å². The number of aromatic nitrogens is 2. The summed E-state index contributed by atoms with van der Waals surface area (Å²) in [6, 6.07) is 26.3. The van der Waals surface area contributed by atoms with Crippen LogP contribution < -0.4 is 20.9 Å². The minimum absolute atomic E-state index is 0.434. The average Bonchev–Trinajstić information content (AvgIpc) is 2.99. The van der Waals surface area contributed by atoms with Gasteiger partial charge in [0, 0.05) is 37.8 Å². The van der Waals surface area contributed by atoms with Crippen LogP contribution in [0, 0.1) is 5.92 Å². The molecular weight excluding hydrogens is 504 g/mol. The third kappa shape index (κ3) is 7.76. The van der Waals surface area contributed by atoms with Crippen molar-refractivity contribution in [2.24, 2.45) is 5.92 Å². The number of anilines is 3. The van der Waals surface area contributed by atoms with Gasteiger partial charge in [0.15, 0.2) is 0 Å². The molecule has 0 unspecified atom stereocenters. The molecule has 4 aromatic rings. The van der Waals surface area contributed by atoms with Crippen LogP contribution in [0.1, 0.15) is 62.1 Å². The molecule has 216 valence electrons. The molecule has 0 spiro atoms. The summed E-state index contributed by atoms with van der Waals surface area (Å²) in [7, 11) is 4.08. The molecule has 3 N–H and O–H groups in total. The first-order valence-corrected chi connectivity index (χ1v) is 15.3. The Hall–Kier alpha value is -3.64. The lowest BCUT2D eigenvalue weighted by atomic mass is 9.86. The average molecular weight is 551 g/mol. The van der Waals surface area contributed by atoms with Gasteiger partial charge in [0.25, 0.3) is 0 Å². The zero-order valence-electron chi connectivity index (χ0n) is 25.2. The number of benzene rings is 3. The number of nitrogens with zero attached hydrogens (tertiary/aromatic N) is 3. The largest absolute Gasteiger partial charge is 0.381 e. The maximum Gasteiger partial charge on any atom is 0.225 e. The molecule has 3 aromatic carbocycles. The van der Waals surface area contributed by atoms with Crippen LogP contribution >= 0.6 is 0 Å². The Balaban J connectivity index is 1.05. The van der Waals surface area contributed by atoms with Crippen LogP contribution in [0.5, 0.6) is 0 Å². The molecule has 1 aliphatic rings. The third-order valence-electron chi connectivity index (χ3n) is 8.37. The highest BCUT2D eigenvalue weighted by Crippen LogP contribution is 2.28. The van der Waals surface area contributed by atoms with Gasteiger partial charge in [-0.05, 0) is 98.0 Å². The lowest BCUT2D eigenvalue weighted by Crippen LogP contribution is -2.32. The van der Waals surface area contributed by atoms with Crippen molar-refractivity contribution in [3.05, 3.63) is 89.5 Å². The highest BCUT2D eigenvalue weighted by atomic mass is 15.2. The highest BCUT2D eigenvalue weighted by Gasteiger charge is 2.22. The number of para-hydroxylation sites is 1. The molecule has 0 saturated heterocycles. The quantitative estimate of drug-likeness (QED) is 0.162. The smallest absolute Gasteiger partial charge is 0.225 e. The summed E-state index contributed by atoms with van der Waals surface area (Å²) in [5.74, 6) is 3.00. The number of rotatable bonds is 12. The first-order chi connectivity index (χ1) is 20.0. The molecule has 1 aliphatic carbocycles. The number of hydrogen-bond donors (Lipinski definition) is 3. The summed E-state index contributed by atoms with van der Waals surface area (Å²) in [4.78, 5) is 11.7. The summed E-state index contributed by atoms with van der Waals surface area (Å²) >= 11 is 0. The van der Waals surface area contributed by atoms with E-state index in [9.17, 15) is 0 Å². The zero-order chi connectivity index (χ0) is 28.6. The normalized spacial score (nSPS) is 17.1. The molecule has 1 fully saturated rings. The van der Waals surface area contributed by atoms with Gasteiger partial charge in [-0.3, -0.25) is 0 Å². The fourth-order valence-electron chi connectivity index (χ4n) is 5.85. The van der Waals surface area contributed by atoms with Crippen LogP contribution in [0.4, 0.5) is 17.5 Å². The summed E-state index contributed by atoms with van der Waals surface area (Å²) in [5, 5.41) is 12.1. The summed E-state index contributed by atoms with van der Waals surface area (Å²) in [5.41, 5.74) is 6.35. The van der Waals surface area contributed by atoms with E-state index in [1.54, 1.807) is 0 Å². The van der Waals surface area contributed by atoms with Gasteiger partial charge < -0.3 is 20.9 Å². The van der Waals surface area contributed by atoms with Crippen molar-refractivity contribution in [3.63, 3.8) is 0 Å². The standard InChI is InChI=1S/C35H46N6/c1-25(2)27-15-19-30(20-16-27)37-24-29-10-6-5-9-28(29)21-22-36-23-26-13-17-31(18-14-26)38-35-39-33-12-8-7-11-32(33)34(40-35)41(3)4/h5-12,15-16,19-20,25-26,31,36-37H,13-14,17-18,21-24H2,1-4H3,(H,38,39,40). The Kier molecular flexibility index (Phi) is 9.73. The Morgan fingerprint density at radius 3 is 2.27 bits per heavy atom. The van der Waals surface area contributed by atoms with Gasteiger partial charge >= 0.3 is 0 Å². The van der Waals surface area contributed by atoms with Gasteiger partial charge in [0.2, 0.25) is 5.95 Å². The van der Waals surface area contributed by atoms with E-state index < -0.39 is 0 Å². The second kappa shape index (κ2) is 13.8. The van der Waals surface area contributed by atoms with Crippen LogP contribution in [0.25, 0.3) is 10.9 Å². The van der Waals surface area contributed by atoms with Crippen LogP contribution in [-0.4, -0.2) is 43.2 Å². The minimum atomic E-state index is 0.434. The van der Waals surface area contributed by atoms with Crippen molar-refractivity contribution in [3.8, 4) is 0 Å². The van der Waals surface area contributed by atoms with E-state index in [0.29, 0.717) is 12.0 Å². The third-order valence-corrected chi connectivity index (χ3v) is 8.37. The van der Waals surface area contributed by atoms with Crippen molar-refractivity contribution in [1.29, 1.82) is 0 Å². The predicted molar refractivity (Wildman–Crippen MR) is 174 cm³/mol. The monoisotopic (exact) mass is 550 g/mol. The summed E-state index contributed by atoms with van der Waals surface area (Å²) in [6.07, 6.45) is 5.83. The molecule has 0 radical (unpaired) electrons. The molecule has 6 heteroatoms. The van der Waals surface area contributed by atoms with Gasteiger partial charge in [-0.1, -0.05) is 62.4 Å². The van der Waals surface area contributed by atoms with E-state index in [1.165, 1.54) is 35.2 Å². The van der Waals surface area contributed by atoms with E-state index in [1.807, 2.05) is 26.2 Å². The van der Waals surface area contributed by atoms with Crippen molar-refractivity contribution < 1.29 is 0 Å². The lowest BCUT2D eigenvalue weighted by molar-refractivity contribution is 0.325. The number of hydrogen-bond acceptors (Lipinski definition) is 6. The minimum Gasteiger partial charge on any atom is -0.381 e. The Labute approximate surface area is 246 Å². The molecule has 0 aliphatic heterocycles. The summed E-state index contributed by atoms with van der Waals surface area (Å²) < 4.78 is 0. The highest BCUT2D eigenvalue weighted by molar-refractivity contribution is 5.90. The van der Waals surface area contributed by atoms with Gasteiger partial charge in [-0.25, -0.2) is 4.98 Å². The van der Waals surface area contributed by atoms with Crippen molar-refractivity contribution in [2.75, 3.05) is 42.7 Å². The van der Waals surface area contributed by atoms with E-state index in [-0.39, 0.29) is 0 Å². The van der Waals surface area contributed by atoms with Crippen LogP contribution in [0.15, 0.2) is 72.8 Å². The molecule has 1 saturated carbocycles. The topological polar surface area (TPSA) is 65.1 Å². The SMILES string of the molecule is CC(C)c1ccc(NCc2ccccc2CCNCC2CCC(Nc3nc(N(C)C)c4ccccc4n3)CC2)cc1. The molecular formula is C35H46N6. The molecule has 1 aromatic heterocycles. The second-order valence-corrected chi connectivity index (χ2v) is 12.0. The van der Waals surface area contributed by atoms with E-state index in [2.05, 4.69) is 95.4 Å². The van der Waals surface area contributed by atoms with Gasteiger partial charge in [0.05, 0.1) is 5.52 Å². The predicted octanol–water partition coefficient (Wildman–Crippen LogP) is 7.23. The van der Waals surface area contributed by atoms with Gasteiger partial charge in [-0.2, -0.15) is 4.98 Å². The Bertz CT molecular complexity index is 1390. The van der Waals surface area contributed by atoms with Crippen molar-refractivity contribution >= 4 is 28.4 Å². The fraction of sp³-hybridized carbons (Fsp3) is 0.429. The lowest BCUT2D eigenvalue weighted by Gasteiger charge is -2.29. The molecule has 5 rings (SSSR count).